The smallest absolute Gasteiger partial charge is 0.231 e. The topological polar surface area (TPSA) is 65.4 Å². The Bertz CT molecular complexity index is 1010. The molecule has 2 aromatic carbocycles. The van der Waals surface area contributed by atoms with Crippen molar-refractivity contribution in [3.8, 4) is 28.4 Å². The lowest BCUT2D eigenvalue weighted by atomic mass is 10.0. The van der Waals surface area contributed by atoms with Gasteiger partial charge in [-0.25, -0.2) is 4.68 Å². The van der Waals surface area contributed by atoms with Crippen molar-refractivity contribution in [3.05, 3.63) is 60.3 Å². The first-order valence-electron chi connectivity index (χ1n) is 9.59. The molecular weight excluding hydrogens is 354 g/mol. The number of nitrogens with one attached hydrogen (secondary N) is 1. The number of fused-ring (bicyclic) bond motifs is 1. The number of benzene rings is 2. The van der Waals surface area contributed by atoms with Crippen LogP contribution >= 0.6 is 0 Å². The van der Waals surface area contributed by atoms with Crippen molar-refractivity contribution in [2.75, 3.05) is 6.79 Å². The van der Waals surface area contributed by atoms with E-state index in [2.05, 4.69) is 5.32 Å². The molecular formula is C22H21N3O3. The number of aryl methyl sites for hydroxylation is 1. The first-order chi connectivity index (χ1) is 13.8. The number of carbonyl (C=O) groups excluding carboxylic acids is 1. The molecule has 5 rings (SSSR count). The molecule has 1 aliphatic heterocycles. The van der Waals surface area contributed by atoms with Gasteiger partial charge in [-0.15, -0.1) is 0 Å². The van der Waals surface area contributed by atoms with E-state index >= 15 is 0 Å². The summed E-state index contributed by atoms with van der Waals surface area (Å²) in [6, 6.07) is 16.2. The average Bonchev–Trinajstić information content (AvgIpc) is 3.25. The number of carbonyl (C=O) groups is 1. The number of hydrogen-bond donors (Lipinski definition) is 1. The van der Waals surface area contributed by atoms with Gasteiger partial charge in [-0.2, -0.15) is 5.10 Å². The van der Waals surface area contributed by atoms with Gasteiger partial charge in [0.2, 0.25) is 12.7 Å². The summed E-state index contributed by atoms with van der Waals surface area (Å²) in [6.45, 7) is 0.242. The molecule has 1 fully saturated rings. The lowest BCUT2D eigenvalue weighted by molar-refractivity contribution is -0.121. The first-order valence-corrected chi connectivity index (χ1v) is 9.59. The van der Waals surface area contributed by atoms with Crippen LogP contribution in [0.5, 0.6) is 11.5 Å². The van der Waals surface area contributed by atoms with Gasteiger partial charge in [0.15, 0.2) is 11.5 Å². The summed E-state index contributed by atoms with van der Waals surface area (Å²) >= 11 is 0. The minimum absolute atomic E-state index is 0.103. The molecule has 6 nitrogen and oxygen atoms in total. The zero-order chi connectivity index (χ0) is 18.9. The minimum atomic E-state index is 0.103. The Morgan fingerprint density at radius 3 is 2.75 bits per heavy atom. The van der Waals surface area contributed by atoms with Gasteiger partial charge in [0.25, 0.3) is 0 Å². The second kappa shape index (κ2) is 7.03. The number of para-hydroxylation sites is 1. The van der Waals surface area contributed by atoms with Gasteiger partial charge in [0.05, 0.1) is 11.4 Å². The fourth-order valence-electron chi connectivity index (χ4n) is 3.37. The molecule has 1 aromatic heterocycles. The molecule has 1 amide bonds. The Balaban J connectivity index is 1.46. The van der Waals surface area contributed by atoms with Crippen LogP contribution in [0.3, 0.4) is 0 Å². The molecule has 2 aliphatic rings. The van der Waals surface area contributed by atoms with Gasteiger partial charge in [-0.1, -0.05) is 18.2 Å². The Kier molecular flexibility index (Phi) is 4.24. The van der Waals surface area contributed by atoms with E-state index in [1.807, 2.05) is 59.4 Å². The molecule has 2 heterocycles. The van der Waals surface area contributed by atoms with Crippen LogP contribution in [-0.4, -0.2) is 28.5 Å². The predicted molar refractivity (Wildman–Crippen MR) is 105 cm³/mol. The molecule has 0 saturated heterocycles. The van der Waals surface area contributed by atoms with E-state index in [-0.39, 0.29) is 12.7 Å². The number of hydrogen-bond acceptors (Lipinski definition) is 4. The number of nitrogens with zero attached hydrogens (tertiary/aromatic N) is 2. The highest BCUT2D eigenvalue weighted by Crippen LogP contribution is 2.36. The highest BCUT2D eigenvalue weighted by atomic mass is 16.7. The molecule has 0 spiro atoms. The van der Waals surface area contributed by atoms with Crippen LogP contribution < -0.4 is 14.8 Å². The summed E-state index contributed by atoms with van der Waals surface area (Å²) in [6.07, 6.45) is 5.30. The first kappa shape index (κ1) is 16.9. The third kappa shape index (κ3) is 3.45. The monoisotopic (exact) mass is 375 g/mol. The fraction of sp³-hybridized carbons (Fsp3) is 0.273. The summed E-state index contributed by atoms with van der Waals surface area (Å²) in [5, 5.41) is 7.87. The zero-order valence-corrected chi connectivity index (χ0v) is 15.4. The van der Waals surface area contributed by atoms with Crippen molar-refractivity contribution in [3.63, 3.8) is 0 Å². The van der Waals surface area contributed by atoms with E-state index in [9.17, 15) is 4.79 Å². The SMILES string of the molecule is O=C(CCc1cn(-c2ccccc2)nc1-c1ccc2c(c1)OCO2)NC1CC1. The fourth-order valence-corrected chi connectivity index (χ4v) is 3.37. The van der Waals surface area contributed by atoms with Crippen molar-refractivity contribution >= 4 is 5.91 Å². The quantitative estimate of drug-likeness (QED) is 0.716. The Labute approximate surface area is 163 Å². The van der Waals surface area contributed by atoms with Crippen LogP contribution in [0.15, 0.2) is 54.7 Å². The minimum Gasteiger partial charge on any atom is -0.454 e. The highest BCUT2D eigenvalue weighted by Gasteiger charge is 2.23. The van der Waals surface area contributed by atoms with E-state index in [1.165, 1.54) is 0 Å². The Hall–Kier alpha value is -3.28. The number of amides is 1. The molecule has 142 valence electrons. The van der Waals surface area contributed by atoms with Crippen LogP contribution in [0.2, 0.25) is 0 Å². The molecule has 0 atom stereocenters. The van der Waals surface area contributed by atoms with Crippen molar-refractivity contribution in [2.45, 2.75) is 31.7 Å². The Morgan fingerprint density at radius 1 is 1.11 bits per heavy atom. The largest absolute Gasteiger partial charge is 0.454 e. The molecule has 0 radical (unpaired) electrons. The van der Waals surface area contributed by atoms with Gasteiger partial charge in [-0.3, -0.25) is 4.79 Å². The van der Waals surface area contributed by atoms with E-state index in [0.29, 0.717) is 18.9 Å². The maximum absolute atomic E-state index is 12.2. The van der Waals surface area contributed by atoms with Gasteiger partial charge in [-0.05, 0) is 55.2 Å². The second-order valence-corrected chi connectivity index (χ2v) is 7.19. The van der Waals surface area contributed by atoms with Gasteiger partial charge in [0, 0.05) is 24.2 Å². The number of rotatable bonds is 6. The van der Waals surface area contributed by atoms with E-state index in [1.54, 1.807) is 0 Å². The molecule has 0 bridgehead atoms. The molecule has 0 unspecified atom stereocenters. The van der Waals surface area contributed by atoms with Crippen molar-refractivity contribution in [1.82, 2.24) is 15.1 Å². The summed E-state index contributed by atoms with van der Waals surface area (Å²) in [7, 11) is 0. The second-order valence-electron chi connectivity index (χ2n) is 7.19. The number of ether oxygens (including phenoxy) is 2. The van der Waals surface area contributed by atoms with Gasteiger partial charge >= 0.3 is 0 Å². The van der Waals surface area contributed by atoms with E-state index in [0.717, 1.165) is 46.8 Å². The molecule has 28 heavy (non-hydrogen) atoms. The Morgan fingerprint density at radius 2 is 1.93 bits per heavy atom. The maximum atomic E-state index is 12.2. The van der Waals surface area contributed by atoms with Crippen LogP contribution in [0.1, 0.15) is 24.8 Å². The third-order valence-electron chi connectivity index (χ3n) is 5.02. The van der Waals surface area contributed by atoms with Gasteiger partial charge < -0.3 is 14.8 Å². The third-order valence-corrected chi connectivity index (χ3v) is 5.02. The standard InChI is InChI=1S/C22H21N3O3/c26-21(23-17-8-9-17)11-7-16-13-25(18-4-2-1-3-5-18)24-22(16)15-6-10-19-20(12-15)28-14-27-19/h1-6,10,12-13,17H,7-9,11,14H2,(H,23,26). The van der Waals surface area contributed by atoms with Crippen LogP contribution in [-0.2, 0) is 11.2 Å². The van der Waals surface area contributed by atoms with E-state index < -0.39 is 0 Å². The van der Waals surface area contributed by atoms with Crippen LogP contribution in [0.25, 0.3) is 16.9 Å². The van der Waals surface area contributed by atoms with Crippen LogP contribution in [0.4, 0.5) is 0 Å². The van der Waals surface area contributed by atoms with E-state index in [4.69, 9.17) is 14.6 Å². The predicted octanol–water partition coefficient (Wildman–Crippen LogP) is 3.48. The lowest BCUT2D eigenvalue weighted by Gasteiger charge is -2.05. The molecule has 6 heteroatoms. The molecule has 3 aromatic rings. The average molecular weight is 375 g/mol. The molecule has 1 saturated carbocycles. The van der Waals surface area contributed by atoms with Crippen molar-refractivity contribution in [2.24, 2.45) is 0 Å². The zero-order valence-electron chi connectivity index (χ0n) is 15.4. The van der Waals surface area contributed by atoms with Crippen LogP contribution in [0, 0.1) is 0 Å². The van der Waals surface area contributed by atoms with Crippen molar-refractivity contribution in [1.29, 1.82) is 0 Å². The van der Waals surface area contributed by atoms with Gasteiger partial charge in [0.1, 0.15) is 0 Å². The molecule has 1 N–H and O–H groups in total. The summed E-state index contributed by atoms with van der Waals surface area (Å²) in [5.41, 5.74) is 3.84. The normalized spacial score (nSPS) is 14.9. The molecule has 1 aliphatic carbocycles. The maximum Gasteiger partial charge on any atom is 0.231 e. The van der Waals surface area contributed by atoms with Crippen molar-refractivity contribution < 1.29 is 14.3 Å². The summed E-state index contributed by atoms with van der Waals surface area (Å²) in [4.78, 5) is 12.2. The summed E-state index contributed by atoms with van der Waals surface area (Å²) < 4.78 is 12.8. The number of aromatic nitrogens is 2. The summed E-state index contributed by atoms with van der Waals surface area (Å²) in [5.74, 6) is 1.58. The highest BCUT2D eigenvalue weighted by molar-refractivity contribution is 5.77. The lowest BCUT2D eigenvalue weighted by Crippen LogP contribution is -2.25.